The number of amides is 1. The van der Waals surface area contributed by atoms with Gasteiger partial charge >= 0.3 is 5.97 Å². The predicted octanol–water partition coefficient (Wildman–Crippen LogP) is 1.20. The van der Waals surface area contributed by atoms with E-state index in [-0.39, 0.29) is 5.91 Å². The summed E-state index contributed by atoms with van der Waals surface area (Å²) in [5.41, 5.74) is 7.31. The van der Waals surface area contributed by atoms with E-state index in [0.717, 1.165) is 5.56 Å². The van der Waals surface area contributed by atoms with Gasteiger partial charge in [-0.25, -0.2) is 4.79 Å². The van der Waals surface area contributed by atoms with Gasteiger partial charge in [-0.15, -0.1) is 0 Å². The molecule has 1 aromatic rings. The summed E-state index contributed by atoms with van der Waals surface area (Å²) < 4.78 is 4.60. The molecule has 0 heterocycles. The van der Waals surface area contributed by atoms with Gasteiger partial charge in [0.15, 0.2) is 0 Å². The van der Waals surface area contributed by atoms with Gasteiger partial charge in [0, 0.05) is 19.2 Å². The largest absolute Gasteiger partial charge is 0.465 e. The summed E-state index contributed by atoms with van der Waals surface area (Å²) in [4.78, 5) is 22.0. The average Bonchev–Trinajstić information content (AvgIpc) is 2.33. The van der Waals surface area contributed by atoms with Crippen LogP contribution in [0.1, 0.15) is 22.8 Å². The van der Waals surface area contributed by atoms with Crippen LogP contribution in [0.2, 0.25) is 0 Å². The van der Waals surface area contributed by atoms with E-state index < -0.39 is 5.97 Å². The molecule has 1 amide bonds. The van der Waals surface area contributed by atoms with Crippen LogP contribution in [-0.4, -0.2) is 25.5 Å². The molecule has 0 aromatic heterocycles. The van der Waals surface area contributed by atoms with Gasteiger partial charge in [-0.1, -0.05) is 18.2 Å². The number of carbonyl (C=O) groups is 2. The van der Waals surface area contributed by atoms with Crippen molar-refractivity contribution in [3.8, 4) is 0 Å². The maximum atomic E-state index is 11.3. The molecule has 0 unspecified atom stereocenters. The third-order valence-electron chi connectivity index (χ3n) is 2.26. The number of rotatable bonds is 4. The lowest BCUT2D eigenvalue weighted by Gasteiger charge is -2.04. The van der Waals surface area contributed by atoms with Crippen molar-refractivity contribution in [1.82, 2.24) is 5.32 Å². The van der Waals surface area contributed by atoms with Crippen molar-refractivity contribution in [3.63, 3.8) is 0 Å². The maximum Gasteiger partial charge on any atom is 0.339 e. The van der Waals surface area contributed by atoms with Gasteiger partial charge in [-0.2, -0.15) is 0 Å². The smallest absolute Gasteiger partial charge is 0.339 e. The van der Waals surface area contributed by atoms with E-state index in [0.29, 0.717) is 17.8 Å². The van der Waals surface area contributed by atoms with Crippen molar-refractivity contribution in [3.05, 3.63) is 35.4 Å². The summed E-state index contributed by atoms with van der Waals surface area (Å²) in [6, 6.07) is 5.04. The summed E-state index contributed by atoms with van der Waals surface area (Å²) >= 11 is 0. The highest BCUT2D eigenvalue weighted by molar-refractivity contribution is 5.95. The molecule has 0 aliphatic carbocycles. The van der Waals surface area contributed by atoms with E-state index in [1.165, 1.54) is 14.0 Å². The van der Waals surface area contributed by atoms with Crippen LogP contribution in [0.15, 0.2) is 24.3 Å². The Bertz CT molecular complexity index is 481. The Morgan fingerprint density at radius 1 is 1.44 bits per heavy atom. The normalized spacial score (nSPS) is 10.3. The molecule has 5 heteroatoms. The highest BCUT2D eigenvalue weighted by atomic mass is 16.5. The van der Waals surface area contributed by atoms with E-state index in [9.17, 15) is 9.59 Å². The Hall–Kier alpha value is -2.30. The van der Waals surface area contributed by atoms with Gasteiger partial charge in [-0.05, 0) is 17.7 Å². The number of nitrogens with two attached hydrogens (primary N) is 1. The monoisotopic (exact) mass is 248 g/mol. The first-order valence-electron chi connectivity index (χ1n) is 5.43. The second kappa shape index (κ2) is 6.44. The number of ether oxygens (including phenoxy) is 1. The lowest BCUT2D eigenvalue weighted by molar-refractivity contribution is -0.118. The molecule has 0 fully saturated rings. The zero-order valence-corrected chi connectivity index (χ0v) is 10.4. The third kappa shape index (κ3) is 3.93. The number of benzene rings is 1. The fourth-order valence-electron chi connectivity index (χ4n) is 1.38. The van der Waals surface area contributed by atoms with Gasteiger partial charge in [0.1, 0.15) is 0 Å². The third-order valence-corrected chi connectivity index (χ3v) is 2.26. The molecule has 18 heavy (non-hydrogen) atoms. The molecule has 1 rings (SSSR count). The number of esters is 1. The van der Waals surface area contributed by atoms with Crippen LogP contribution in [0.4, 0.5) is 5.69 Å². The van der Waals surface area contributed by atoms with Crippen LogP contribution < -0.4 is 11.1 Å². The summed E-state index contributed by atoms with van der Waals surface area (Å²) in [7, 11) is 1.31. The summed E-state index contributed by atoms with van der Waals surface area (Å²) in [5.74, 6) is -0.540. The zero-order valence-electron chi connectivity index (χ0n) is 10.4. The molecule has 96 valence electrons. The Labute approximate surface area is 106 Å². The molecule has 0 aliphatic rings. The topological polar surface area (TPSA) is 81.4 Å². The number of carbonyl (C=O) groups excluding carboxylic acids is 2. The predicted molar refractivity (Wildman–Crippen MR) is 69.9 cm³/mol. The van der Waals surface area contributed by atoms with E-state index in [4.69, 9.17) is 5.73 Å². The Kier molecular flexibility index (Phi) is 4.92. The van der Waals surface area contributed by atoms with E-state index in [1.54, 1.807) is 24.3 Å². The highest BCUT2D eigenvalue weighted by Gasteiger charge is 2.08. The van der Waals surface area contributed by atoms with Crippen LogP contribution in [0.25, 0.3) is 6.08 Å². The number of nitrogens with one attached hydrogen (secondary N) is 1. The van der Waals surface area contributed by atoms with Crippen molar-refractivity contribution in [2.75, 3.05) is 19.4 Å². The molecule has 0 aliphatic heterocycles. The van der Waals surface area contributed by atoms with Crippen molar-refractivity contribution in [2.24, 2.45) is 0 Å². The van der Waals surface area contributed by atoms with Gasteiger partial charge < -0.3 is 15.8 Å². The molecule has 5 nitrogen and oxygen atoms in total. The van der Waals surface area contributed by atoms with Crippen molar-refractivity contribution in [2.45, 2.75) is 6.92 Å². The maximum absolute atomic E-state index is 11.3. The van der Waals surface area contributed by atoms with Gasteiger partial charge in [0.05, 0.1) is 12.7 Å². The molecule has 0 bridgehead atoms. The lowest BCUT2D eigenvalue weighted by Crippen LogP contribution is -2.19. The van der Waals surface area contributed by atoms with E-state index >= 15 is 0 Å². The second-order valence-electron chi connectivity index (χ2n) is 3.68. The summed E-state index contributed by atoms with van der Waals surface area (Å²) in [6.07, 6.45) is 3.61. The van der Waals surface area contributed by atoms with E-state index in [1.807, 2.05) is 6.08 Å². The molecule has 0 radical (unpaired) electrons. The first-order valence-corrected chi connectivity index (χ1v) is 5.43. The quantitative estimate of drug-likeness (QED) is 0.619. The molecular weight excluding hydrogens is 232 g/mol. The molecule has 3 N–H and O–H groups in total. The molecular formula is C13H16N2O3. The van der Waals surface area contributed by atoms with Crippen LogP contribution in [-0.2, 0) is 9.53 Å². The minimum absolute atomic E-state index is 0.0831. The number of hydrogen-bond acceptors (Lipinski definition) is 4. The van der Waals surface area contributed by atoms with Crippen molar-refractivity contribution < 1.29 is 14.3 Å². The van der Waals surface area contributed by atoms with E-state index in [2.05, 4.69) is 10.1 Å². The van der Waals surface area contributed by atoms with Crippen LogP contribution in [0.3, 0.4) is 0 Å². The first kappa shape index (κ1) is 13.8. The van der Waals surface area contributed by atoms with Crippen LogP contribution in [0.5, 0.6) is 0 Å². The standard InChI is InChI=1S/C13H16N2O3/c1-9(16)15-7-3-4-10-5-6-11(12(14)8-10)13(17)18-2/h3-6,8H,7,14H2,1-2H3,(H,15,16). The summed E-state index contributed by atoms with van der Waals surface area (Å²) in [6.45, 7) is 1.91. The minimum Gasteiger partial charge on any atom is -0.465 e. The fourth-order valence-corrected chi connectivity index (χ4v) is 1.38. The zero-order chi connectivity index (χ0) is 13.5. The second-order valence-corrected chi connectivity index (χ2v) is 3.68. The minimum atomic E-state index is -0.457. The fraction of sp³-hybridized carbons (Fsp3) is 0.231. The summed E-state index contributed by atoms with van der Waals surface area (Å²) in [5, 5.41) is 2.64. The molecule has 0 saturated carbocycles. The first-order chi connectivity index (χ1) is 8.54. The van der Waals surface area contributed by atoms with Crippen molar-refractivity contribution >= 4 is 23.6 Å². The van der Waals surface area contributed by atoms with Gasteiger partial charge in [0.25, 0.3) is 0 Å². The molecule has 1 aromatic carbocycles. The van der Waals surface area contributed by atoms with Gasteiger partial charge in [-0.3, -0.25) is 4.79 Å². The SMILES string of the molecule is COC(=O)c1ccc(C=CCNC(C)=O)cc1N. The average molecular weight is 248 g/mol. The Morgan fingerprint density at radius 2 is 2.17 bits per heavy atom. The number of methoxy groups -OCH3 is 1. The molecule has 0 spiro atoms. The number of nitrogen functional groups attached to an aromatic ring is 1. The number of anilines is 1. The van der Waals surface area contributed by atoms with Crippen LogP contribution in [0, 0.1) is 0 Å². The van der Waals surface area contributed by atoms with Crippen LogP contribution >= 0.6 is 0 Å². The number of hydrogen-bond donors (Lipinski definition) is 2. The lowest BCUT2D eigenvalue weighted by atomic mass is 10.1. The molecule has 0 atom stereocenters. The molecule has 0 saturated heterocycles. The van der Waals surface area contributed by atoms with Gasteiger partial charge in [0.2, 0.25) is 5.91 Å². The van der Waals surface area contributed by atoms with Crippen molar-refractivity contribution in [1.29, 1.82) is 0 Å². The Balaban J connectivity index is 2.72. The Morgan fingerprint density at radius 3 is 2.72 bits per heavy atom. The highest BCUT2D eigenvalue weighted by Crippen LogP contribution is 2.16.